The van der Waals surface area contributed by atoms with E-state index < -0.39 is 0 Å². The summed E-state index contributed by atoms with van der Waals surface area (Å²) >= 11 is 0. The third-order valence-corrected chi connectivity index (χ3v) is 5.64. The fourth-order valence-electron chi connectivity index (χ4n) is 3.68. The predicted molar refractivity (Wildman–Crippen MR) is 115 cm³/mol. The molecule has 0 radical (unpaired) electrons. The fourth-order valence-corrected chi connectivity index (χ4v) is 3.68. The molecular weight excluding hydrogens is 380 g/mol. The van der Waals surface area contributed by atoms with Crippen molar-refractivity contribution in [3.63, 3.8) is 0 Å². The van der Waals surface area contributed by atoms with E-state index in [1.54, 1.807) is 14.0 Å². The Morgan fingerprint density at radius 3 is 2.27 bits per heavy atom. The number of hydrogen-bond donors (Lipinski definition) is 0. The Morgan fingerprint density at radius 1 is 1.00 bits per heavy atom. The van der Waals surface area contributed by atoms with Crippen LogP contribution in [0.3, 0.4) is 0 Å². The zero-order valence-corrected chi connectivity index (χ0v) is 17.5. The highest BCUT2D eigenvalue weighted by molar-refractivity contribution is 5.94. The van der Waals surface area contributed by atoms with E-state index in [1.165, 1.54) is 0 Å². The number of anilines is 1. The average molecular weight is 406 g/mol. The van der Waals surface area contributed by atoms with E-state index in [0.29, 0.717) is 11.8 Å². The number of hydrogen-bond acceptors (Lipinski definition) is 7. The zero-order chi connectivity index (χ0) is 21.1. The lowest BCUT2D eigenvalue weighted by Crippen LogP contribution is -2.47. The number of aromatic nitrogens is 2. The molecule has 1 atom stereocenters. The third kappa shape index (κ3) is 4.21. The van der Waals surface area contributed by atoms with Gasteiger partial charge in [0.05, 0.1) is 13.2 Å². The van der Waals surface area contributed by atoms with E-state index in [2.05, 4.69) is 26.9 Å². The van der Waals surface area contributed by atoms with Gasteiger partial charge in [0.2, 0.25) is 11.8 Å². The molecule has 1 saturated heterocycles. The van der Waals surface area contributed by atoms with Gasteiger partial charge in [0.15, 0.2) is 5.78 Å². The maximum atomic E-state index is 11.5. The summed E-state index contributed by atoms with van der Waals surface area (Å²) < 4.78 is 11.1. The first kappa shape index (κ1) is 20.1. The summed E-state index contributed by atoms with van der Waals surface area (Å²) in [7, 11) is 1.64. The van der Waals surface area contributed by atoms with Crippen LogP contribution in [0.5, 0.6) is 5.75 Å². The molecule has 4 rings (SSSR count). The molecule has 2 aromatic carbocycles. The molecule has 2 heterocycles. The highest BCUT2D eigenvalue weighted by Gasteiger charge is 2.26. The second-order valence-corrected chi connectivity index (χ2v) is 7.48. The van der Waals surface area contributed by atoms with Gasteiger partial charge in [-0.15, -0.1) is 10.2 Å². The van der Waals surface area contributed by atoms with Crippen LogP contribution in [0.2, 0.25) is 0 Å². The smallest absolute Gasteiger partial charge is 0.247 e. The third-order valence-electron chi connectivity index (χ3n) is 5.64. The van der Waals surface area contributed by atoms with Gasteiger partial charge in [-0.3, -0.25) is 9.69 Å². The van der Waals surface area contributed by atoms with E-state index in [9.17, 15) is 4.79 Å². The van der Waals surface area contributed by atoms with Gasteiger partial charge < -0.3 is 14.1 Å². The van der Waals surface area contributed by atoms with Crippen molar-refractivity contribution in [3.05, 3.63) is 60.0 Å². The van der Waals surface area contributed by atoms with Gasteiger partial charge in [-0.2, -0.15) is 0 Å². The van der Waals surface area contributed by atoms with Crippen molar-refractivity contribution in [2.75, 3.05) is 38.2 Å². The molecule has 1 fully saturated rings. The minimum atomic E-state index is 0.0479. The Bertz CT molecular complexity index is 990. The number of rotatable bonds is 6. The van der Waals surface area contributed by atoms with E-state index in [4.69, 9.17) is 9.15 Å². The molecule has 0 unspecified atom stereocenters. The molecule has 156 valence electrons. The van der Waals surface area contributed by atoms with Crippen LogP contribution in [0.1, 0.15) is 36.1 Å². The standard InChI is InChI=1S/C23H26N4O3/c1-16(22-24-25-23(30-22)19-6-10-21(29-3)11-7-19)26-12-14-27(15-13-26)20-8-4-18(5-9-20)17(2)28/h4-11,16H,12-15H2,1-3H3/t16-/m0/s1. The van der Waals surface area contributed by atoms with Crippen molar-refractivity contribution in [3.8, 4) is 17.2 Å². The summed E-state index contributed by atoms with van der Waals surface area (Å²) in [5, 5.41) is 8.50. The van der Waals surface area contributed by atoms with Crippen LogP contribution in [0.15, 0.2) is 52.9 Å². The van der Waals surface area contributed by atoms with Crippen LogP contribution in [0.4, 0.5) is 5.69 Å². The molecule has 0 bridgehead atoms. The van der Waals surface area contributed by atoms with Crippen molar-refractivity contribution in [2.24, 2.45) is 0 Å². The average Bonchev–Trinajstić information content (AvgIpc) is 3.29. The fraction of sp³-hybridized carbons (Fsp3) is 0.348. The second kappa shape index (κ2) is 8.67. The minimum absolute atomic E-state index is 0.0479. The van der Waals surface area contributed by atoms with Crippen LogP contribution in [-0.2, 0) is 0 Å². The maximum Gasteiger partial charge on any atom is 0.247 e. The molecular formula is C23H26N4O3. The summed E-state index contributed by atoms with van der Waals surface area (Å²) in [5.74, 6) is 2.03. The lowest BCUT2D eigenvalue weighted by Gasteiger charge is -2.38. The first-order valence-electron chi connectivity index (χ1n) is 10.1. The van der Waals surface area contributed by atoms with E-state index >= 15 is 0 Å². The zero-order valence-electron chi connectivity index (χ0n) is 17.5. The summed E-state index contributed by atoms with van der Waals surface area (Å²) in [6.07, 6.45) is 0. The number of ether oxygens (including phenoxy) is 1. The molecule has 0 spiro atoms. The molecule has 1 aliphatic heterocycles. The Hall–Kier alpha value is -3.19. The van der Waals surface area contributed by atoms with Crippen LogP contribution < -0.4 is 9.64 Å². The first-order chi connectivity index (χ1) is 14.5. The van der Waals surface area contributed by atoms with Crippen molar-refractivity contribution >= 4 is 11.5 Å². The summed E-state index contributed by atoms with van der Waals surface area (Å²) in [5.41, 5.74) is 2.77. The second-order valence-electron chi connectivity index (χ2n) is 7.48. The number of carbonyl (C=O) groups is 1. The predicted octanol–water partition coefficient (Wildman–Crippen LogP) is 3.83. The lowest BCUT2D eigenvalue weighted by molar-refractivity contribution is 0.101. The van der Waals surface area contributed by atoms with Gasteiger partial charge >= 0.3 is 0 Å². The highest BCUT2D eigenvalue weighted by Crippen LogP contribution is 2.27. The van der Waals surface area contributed by atoms with Crippen molar-refractivity contribution < 1.29 is 13.9 Å². The number of benzene rings is 2. The molecule has 0 aliphatic carbocycles. The van der Waals surface area contributed by atoms with Crippen LogP contribution in [0.25, 0.3) is 11.5 Å². The molecule has 1 aliphatic rings. The van der Waals surface area contributed by atoms with E-state index in [1.807, 2.05) is 48.5 Å². The lowest BCUT2D eigenvalue weighted by atomic mass is 10.1. The highest BCUT2D eigenvalue weighted by atomic mass is 16.5. The Balaban J connectivity index is 1.37. The number of nitrogens with zero attached hydrogens (tertiary/aromatic N) is 4. The Morgan fingerprint density at radius 2 is 1.67 bits per heavy atom. The van der Waals surface area contributed by atoms with Crippen LogP contribution >= 0.6 is 0 Å². The topological polar surface area (TPSA) is 71.7 Å². The molecule has 0 N–H and O–H groups in total. The maximum absolute atomic E-state index is 11.5. The number of methoxy groups -OCH3 is 1. The van der Waals surface area contributed by atoms with Crippen molar-refractivity contribution in [1.82, 2.24) is 15.1 Å². The quantitative estimate of drug-likeness (QED) is 0.576. The van der Waals surface area contributed by atoms with Gasteiger partial charge in [0, 0.05) is 43.0 Å². The minimum Gasteiger partial charge on any atom is -0.497 e. The SMILES string of the molecule is COc1ccc(-c2nnc([C@H](C)N3CCN(c4ccc(C(C)=O)cc4)CC3)o2)cc1. The van der Waals surface area contributed by atoms with Crippen molar-refractivity contribution in [2.45, 2.75) is 19.9 Å². The summed E-state index contributed by atoms with van der Waals surface area (Å²) in [6.45, 7) is 7.30. The van der Waals surface area contributed by atoms with Gasteiger partial charge in [-0.25, -0.2) is 0 Å². The molecule has 1 aromatic heterocycles. The number of Topliss-reactive ketones (excluding diaryl/α,β-unsaturated/α-hetero) is 1. The number of piperazine rings is 1. The molecule has 0 amide bonds. The van der Waals surface area contributed by atoms with E-state index in [-0.39, 0.29) is 11.8 Å². The number of carbonyl (C=O) groups excluding carboxylic acids is 1. The monoisotopic (exact) mass is 406 g/mol. The molecule has 7 nitrogen and oxygen atoms in total. The molecule has 3 aromatic rings. The molecule has 30 heavy (non-hydrogen) atoms. The normalized spacial score (nSPS) is 15.8. The Kier molecular flexibility index (Phi) is 5.81. The summed E-state index contributed by atoms with van der Waals surface area (Å²) in [6, 6.07) is 15.5. The van der Waals surface area contributed by atoms with Crippen LogP contribution in [-0.4, -0.2) is 54.2 Å². The van der Waals surface area contributed by atoms with Gasteiger partial charge in [-0.1, -0.05) is 0 Å². The largest absolute Gasteiger partial charge is 0.497 e. The van der Waals surface area contributed by atoms with Gasteiger partial charge in [-0.05, 0) is 62.4 Å². The molecule has 7 heteroatoms. The van der Waals surface area contributed by atoms with E-state index in [0.717, 1.165) is 48.7 Å². The van der Waals surface area contributed by atoms with Gasteiger partial charge in [0.1, 0.15) is 5.75 Å². The summed E-state index contributed by atoms with van der Waals surface area (Å²) in [4.78, 5) is 16.2. The van der Waals surface area contributed by atoms with Crippen molar-refractivity contribution in [1.29, 1.82) is 0 Å². The Labute approximate surface area is 176 Å². The van der Waals surface area contributed by atoms with Crippen LogP contribution in [0, 0.1) is 0 Å². The van der Waals surface area contributed by atoms with Gasteiger partial charge in [0.25, 0.3) is 0 Å². The molecule has 0 saturated carbocycles. The first-order valence-corrected chi connectivity index (χ1v) is 10.1. The number of ketones is 1.